The van der Waals surface area contributed by atoms with Gasteiger partial charge in [0, 0.05) is 24.1 Å². The van der Waals surface area contributed by atoms with Crippen molar-refractivity contribution in [1.29, 1.82) is 0 Å². The second-order valence-corrected chi connectivity index (χ2v) is 4.93. The molecule has 0 aromatic heterocycles. The van der Waals surface area contributed by atoms with E-state index in [0.717, 1.165) is 16.9 Å². The summed E-state index contributed by atoms with van der Waals surface area (Å²) < 4.78 is 0. The predicted molar refractivity (Wildman–Crippen MR) is 81.8 cm³/mol. The molecule has 0 amide bonds. The van der Waals surface area contributed by atoms with Crippen LogP contribution in [0.4, 0.5) is 17.1 Å². The number of nitrogens with two attached hydrogens (primary N) is 1. The van der Waals surface area contributed by atoms with E-state index in [1.54, 1.807) is 12.1 Å². The van der Waals surface area contributed by atoms with Crippen molar-refractivity contribution >= 4 is 23.0 Å². The van der Waals surface area contributed by atoms with E-state index in [-0.39, 0.29) is 11.3 Å². The average Bonchev–Trinajstić information content (AvgIpc) is 2.37. The van der Waals surface area contributed by atoms with Crippen molar-refractivity contribution in [3.63, 3.8) is 0 Å². The fraction of sp³-hybridized carbons (Fsp3) is 0.188. The molecule has 0 fully saturated rings. The number of carbonyl (C=O) groups is 1. The van der Waals surface area contributed by atoms with Crippen molar-refractivity contribution in [2.45, 2.75) is 13.8 Å². The van der Waals surface area contributed by atoms with Crippen LogP contribution < -0.4 is 10.6 Å². The molecule has 0 saturated heterocycles. The first-order valence-corrected chi connectivity index (χ1v) is 6.34. The van der Waals surface area contributed by atoms with Crippen LogP contribution in [-0.2, 0) is 0 Å². The number of rotatable bonds is 3. The largest absolute Gasteiger partial charge is 0.478 e. The number of carboxylic acids is 1. The normalized spacial score (nSPS) is 10.3. The maximum Gasteiger partial charge on any atom is 0.337 e. The van der Waals surface area contributed by atoms with E-state index >= 15 is 0 Å². The SMILES string of the molecule is Cc1ccc(N(C)c2ccc(C(=O)O)c(N)c2)c(C)c1. The van der Waals surface area contributed by atoms with Crippen LogP contribution in [0.1, 0.15) is 21.5 Å². The molecule has 0 unspecified atom stereocenters. The standard InChI is InChI=1S/C16H18N2O2/c1-10-4-7-15(11(2)8-10)18(3)12-5-6-13(16(19)20)14(17)9-12/h4-9H,17H2,1-3H3,(H,19,20). The maximum atomic E-state index is 11.0. The van der Waals surface area contributed by atoms with Crippen molar-refractivity contribution < 1.29 is 9.90 Å². The van der Waals surface area contributed by atoms with Crippen LogP contribution in [0.3, 0.4) is 0 Å². The lowest BCUT2D eigenvalue weighted by Gasteiger charge is -2.22. The topological polar surface area (TPSA) is 66.6 Å². The molecule has 0 heterocycles. The van der Waals surface area contributed by atoms with E-state index in [9.17, 15) is 4.79 Å². The fourth-order valence-electron chi connectivity index (χ4n) is 2.27. The number of benzene rings is 2. The number of carboxylic acid groups (broad SMARTS) is 1. The third-order valence-electron chi connectivity index (χ3n) is 3.37. The van der Waals surface area contributed by atoms with Gasteiger partial charge in [0.15, 0.2) is 0 Å². The van der Waals surface area contributed by atoms with Crippen molar-refractivity contribution in [3.8, 4) is 0 Å². The van der Waals surface area contributed by atoms with E-state index < -0.39 is 5.97 Å². The van der Waals surface area contributed by atoms with E-state index in [0.29, 0.717) is 0 Å². The average molecular weight is 270 g/mol. The van der Waals surface area contributed by atoms with E-state index in [2.05, 4.69) is 13.0 Å². The molecular weight excluding hydrogens is 252 g/mol. The minimum absolute atomic E-state index is 0.128. The van der Waals surface area contributed by atoms with Gasteiger partial charge in [0.05, 0.1) is 5.56 Å². The Morgan fingerprint density at radius 1 is 1.15 bits per heavy atom. The van der Waals surface area contributed by atoms with Crippen LogP contribution in [-0.4, -0.2) is 18.1 Å². The first-order chi connectivity index (χ1) is 9.40. The molecule has 0 radical (unpaired) electrons. The lowest BCUT2D eigenvalue weighted by molar-refractivity contribution is 0.0698. The second-order valence-electron chi connectivity index (χ2n) is 4.93. The molecule has 0 saturated carbocycles. The number of hydrogen-bond donors (Lipinski definition) is 2. The summed E-state index contributed by atoms with van der Waals surface area (Å²) in [5, 5.41) is 8.99. The van der Waals surface area contributed by atoms with Gasteiger partial charge < -0.3 is 15.7 Å². The van der Waals surface area contributed by atoms with Crippen molar-refractivity contribution in [3.05, 3.63) is 53.1 Å². The Balaban J connectivity index is 2.40. The summed E-state index contributed by atoms with van der Waals surface area (Å²) >= 11 is 0. The highest BCUT2D eigenvalue weighted by molar-refractivity contribution is 5.94. The molecule has 4 nitrogen and oxygen atoms in total. The Kier molecular flexibility index (Phi) is 3.66. The Morgan fingerprint density at radius 3 is 2.40 bits per heavy atom. The van der Waals surface area contributed by atoms with Gasteiger partial charge in [0.1, 0.15) is 0 Å². The van der Waals surface area contributed by atoms with Gasteiger partial charge in [-0.1, -0.05) is 17.7 Å². The summed E-state index contributed by atoms with van der Waals surface area (Å²) in [7, 11) is 1.94. The summed E-state index contributed by atoms with van der Waals surface area (Å²) in [5.41, 5.74) is 10.5. The van der Waals surface area contributed by atoms with Gasteiger partial charge in [-0.25, -0.2) is 4.79 Å². The maximum absolute atomic E-state index is 11.0. The summed E-state index contributed by atoms with van der Waals surface area (Å²) in [6.07, 6.45) is 0. The Labute approximate surface area is 118 Å². The zero-order valence-corrected chi connectivity index (χ0v) is 11.8. The number of aryl methyl sites for hydroxylation is 2. The first-order valence-electron chi connectivity index (χ1n) is 6.34. The number of nitrogens with zero attached hydrogens (tertiary/aromatic N) is 1. The molecule has 0 bridgehead atoms. The monoisotopic (exact) mass is 270 g/mol. The van der Waals surface area contributed by atoms with Crippen LogP contribution >= 0.6 is 0 Å². The molecule has 3 N–H and O–H groups in total. The van der Waals surface area contributed by atoms with Crippen LogP contribution in [0.5, 0.6) is 0 Å². The van der Waals surface area contributed by atoms with Crippen molar-refractivity contribution in [2.24, 2.45) is 0 Å². The van der Waals surface area contributed by atoms with Gasteiger partial charge in [-0.05, 0) is 43.7 Å². The molecule has 2 aromatic carbocycles. The fourth-order valence-corrected chi connectivity index (χ4v) is 2.27. The summed E-state index contributed by atoms with van der Waals surface area (Å²) in [4.78, 5) is 13.0. The summed E-state index contributed by atoms with van der Waals surface area (Å²) in [5.74, 6) is -1.01. The van der Waals surface area contributed by atoms with Crippen LogP contribution in [0.25, 0.3) is 0 Å². The van der Waals surface area contributed by atoms with Crippen molar-refractivity contribution in [2.75, 3.05) is 17.7 Å². The summed E-state index contributed by atoms with van der Waals surface area (Å²) in [6.45, 7) is 4.10. The van der Waals surface area contributed by atoms with Gasteiger partial charge in [-0.15, -0.1) is 0 Å². The number of anilines is 3. The third-order valence-corrected chi connectivity index (χ3v) is 3.37. The molecule has 2 aromatic rings. The lowest BCUT2D eigenvalue weighted by Crippen LogP contribution is -2.12. The molecule has 0 aliphatic rings. The van der Waals surface area contributed by atoms with Gasteiger partial charge in [0.2, 0.25) is 0 Å². The van der Waals surface area contributed by atoms with Gasteiger partial charge in [-0.3, -0.25) is 0 Å². The molecule has 0 spiro atoms. The van der Waals surface area contributed by atoms with Gasteiger partial charge in [0.25, 0.3) is 0 Å². The predicted octanol–water partition coefficient (Wildman–Crippen LogP) is 3.35. The Morgan fingerprint density at radius 2 is 1.85 bits per heavy atom. The number of aromatic carboxylic acids is 1. The molecule has 4 heteroatoms. The highest BCUT2D eigenvalue weighted by Gasteiger charge is 2.12. The second kappa shape index (κ2) is 5.25. The zero-order chi connectivity index (χ0) is 14.9. The Hall–Kier alpha value is -2.49. The molecule has 0 atom stereocenters. The zero-order valence-electron chi connectivity index (χ0n) is 11.8. The van der Waals surface area contributed by atoms with Crippen LogP contribution in [0.2, 0.25) is 0 Å². The smallest absolute Gasteiger partial charge is 0.337 e. The van der Waals surface area contributed by atoms with E-state index in [4.69, 9.17) is 10.8 Å². The van der Waals surface area contributed by atoms with Crippen molar-refractivity contribution in [1.82, 2.24) is 0 Å². The van der Waals surface area contributed by atoms with E-state index in [1.165, 1.54) is 11.6 Å². The quantitative estimate of drug-likeness (QED) is 0.839. The highest BCUT2D eigenvalue weighted by Crippen LogP contribution is 2.29. The minimum atomic E-state index is -1.01. The van der Waals surface area contributed by atoms with Gasteiger partial charge in [-0.2, -0.15) is 0 Å². The van der Waals surface area contributed by atoms with Gasteiger partial charge >= 0.3 is 5.97 Å². The molecule has 0 aliphatic heterocycles. The molecular formula is C16H18N2O2. The first kappa shape index (κ1) is 13.9. The highest BCUT2D eigenvalue weighted by atomic mass is 16.4. The molecule has 20 heavy (non-hydrogen) atoms. The van der Waals surface area contributed by atoms with Crippen LogP contribution in [0, 0.1) is 13.8 Å². The minimum Gasteiger partial charge on any atom is -0.478 e. The van der Waals surface area contributed by atoms with Crippen LogP contribution in [0.15, 0.2) is 36.4 Å². The number of nitrogen functional groups attached to an aromatic ring is 1. The lowest BCUT2D eigenvalue weighted by atomic mass is 10.1. The van der Waals surface area contributed by atoms with E-state index in [1.807, 2.05) is 31.0 Å². The third kappa shape index (κ3) is 2.59. The molecule has 0 aliphatic carbocycles. The molecule has 2 rings (SSSR count). The Bertz CT molecular complexity index is 666. The summed E-state index contributed by atoms with van der Waals surface area (Å²) in [6, 6.07) is 11.2. The molecule has 104 valence electrons. The number of hydrogen-bond acceptors (Lipinski definition) is 3.